The molecule has 0 aliphatic carbocycles. The molecule has 6 heteroatoms. The molecule has 0 N–H and O–H groups in total. The second-order valence-electron chi connectivity index (χ2n) is 3.03. The van der Waals surface area contributed by atoms with Crippen molar-refractivity contribution in [1.29, 1.82) is 0 Å². The summed E-state index contributed by atoms with van der Waals surface area (Å²) in [5.41, 5.74) is 8.10. The summed E-state index contributed by atoms with van der Waals surface area (Å²) >= 11 is 0. The van der Waals surface area contributed by atoms with Gasteiger partial charge in [0.15, 0.2) is 0 Å². The summed E-state index contributed by atoms with van der Waals surface area (Å²) in [5, 5.41) is 7.16. The summed E-state index contributed by atoms with van der Waals surface area (Å²) in [7, 11) is 0. The molecular weight excluding hydrogens is 184 g/mol. The van der Waals surface area contributed by atoms with Gasteiger partial charge in [-0.15, -0.1) is 0 Å². The predicted molar refractivity (Wildman–Crippen MR) is 51.8 cm³/mol. The Balaban J connectivity index is 2.15. The van der Waals surface area contributed by atoms with E-state index in [-0.39, 0.29) is 6.10 Å². The molecule has 1 atom stereocenters. The lowest BCUT2D eigenvalue weighted by Crippen LogP contribution is -2.12. The van der Waals surface area contributed by atoms with Crippen LogP contribution in [0.3, 0.4) is 0 Å². The van der Waals surface area contributed by atoms with Crippen molar-refractivity contribution in [1.82, 2.24) is 0 Å². The van der Waals surface area contributed by atoms with Crippen LogP contribution in [0.25, 0.3) is 10.4 Å². The Hall–Kier alpha value is -1.42. The standard InChI is InChI=1S/C8H14N4O2/c1-2-3-4-13-8-5-7(14-11-8)6-10-12-9/h7H,2-6H2,1H3. The van der Waals surface area contributed by atoms with Crippen LogP contribution < -0.4 is 0 Å². The third-order valence-electron chi connectivity index (χ3n) is 1.82. The highest BCUT2D eigenvalue weighted by atomic mass is 16.7. The van der Waals surface area contributed by atoms with Gasteiger partial charge in [-0.3, -0.25) is 0 Å². The molecule has 6 nitrogen and oxygen atoms in total. The van der Waals surface area contributed by atoms with Crippen LogP contribution in [0, 0.1) is 0 Å². The molecule has 0 saturated heterocycles. The first-order valence-corrected chi connectivity index (χ1v) is 4.73. The van der Waals surface area contributed by atoms with Gasteiger partial charge < -0.3 is 9.57 Å². The molecule has 1 unspecified atom stereocenters. The molecule has 0 aromatic carbocycles. The fraction of sp³-hybridized carbons (Fsp3) is 0.875. The van der Waals surface area contributed by atoms with E-state index in [0.717, 1.165) is 12.8 Å². The second-order valence-corrected chi connectivity index (χ2v) is 3.03. The fourth-order valence-electron chi connectivity index (χ4n) is 1.05. The average molecular weight is 198 g/mol. The first-order chi connectivity index (χ1) is 6.86. The van der Waals surface area contributed by atoms with E-state index >= 15 is 0 Å². The number of hydrogen-bond donors (Lipinski definition) is 0. The maximum Gasteiger partial charge on any atom is 0.229 e. The maximum atomic E-state index is 8.10. The van der Waals surface area contributed by atoms with Crippen LogP contribution in [0.5, 0.6) is 0 Å². The normalized spacial score (nSPS) is 19.5. The minimum absolute atomic E-state index is 0.150. The van der Waals surface area contributed by atoms with Gasteiger partial charge in [-0.25, -0.2) is 0 Å². The Morgan fingerprint density at radius 3 is 3.36 bits per heavy atom. The first-order valence-electron chi connectivity index (χ1n) is 4.73. The van der Waals surface area contributed by atoms with Crippen LogP contribution in [0.2, 0.25) is 0 Å². The number of nitrogens with zero attached hydrogens (tertiary/aromatic N) is 4. The zero-order chi connectivity index (χ0) is 10.2. The van der Waals surface area contributed by atoms with Gasteiger partial charge in [0.25, 0.3) is 0 Å². The Labute approximate surface area is 82.5 Å². The summed E-state index contributed by atoms with van der Waals surface area (Å²) < 4.78 is 5.34. The van der Waals surface area contributed by atoms with Crippen molar-refractivity contribution in [2.45, 2.75) is 32.3 Å². The zero-order valence-corrected chi connectivity index (χ0v) is 8.22. The predicted octanol–water partition coefficient (Wildman–Crippen LogP) is 2.22. The smallest absolute Gasteiger partial charge is 0.229 e. The number of ether oxygens (including phenoxy) is 1. The minimum atomic E-state index is -0.150. The maximum absolute atomic E-state index is 8.10. The number of rotatable bonds is 5. The van der Waals surface area contributed by atoms with Crippen molar-refractivity contribution >= 4 is 5.90 Å². The summed E-state index contributed by atoms with van der Waals surface area (Å²) in [4.78, 5) is 7.65. The molecule has 0 bridgehead atoms. The third-order valence-corrected chi connectivity index (χ3v) is 1.82. The van der Waals surface area contributed by atoms with E-state index in [1.54, 1.807) is 0 Å². The molecule has 0 amide bonds. The number of unbranched alkanes of at least 4 members (excludes halogenated alkanes) is 1. The Bertz CT molecular complexity index is 248. The summed E-state index contributed by atoms with van der Waals surface area (Å²) in [6.45, 7) is 3.08. The molecule has 0 spiro atoms. The Morgan fingerprint density at radius 1 is 1.79 bits per heavy atom. The molecule has 0 aromatic heterocycles. The topological polar surface area (TPSA) is 79.6 Å². The lowest BCUT2D eigenvalue weighted by atomic mass is 10.2. The van der Waals surface area contributed by atoms with Crippen LogP contribution in [0.15, 0.2) is 10.3 Å². The van der Waals surface area contributed by atoms with E-state index in [1.807, 2.05) is 0 Å². The molecule has 0 saturated carbocycles. The Kier molecular flexibility index (Phi) is 4.64. The SMILES string of the molecule is CCCCOC1=NOC(CN=[N+]=[N-])C1. The molecular formula is C8H14N4O2. The second kappa shape index (κ2) is 6.10. The molecule has 0 fully saturated rings. The quantitative estimate of drug-likeness (QED) is 0.294. The van der Waals surface area contributed by atoms with Gasteiger partial charge in [0.1, 0.15) is 6.10 Å². The van der Waals surface area contributed by atoms with Crippen molar-refractivity contribution in [3.63, 3.8) is 0 Å². The lowest BCUT2D eigenvalue weighted by molar-refractivity contribution is 0.0914. The van der Waals surface area contributed by atoms with Gasteiger partial charge in [0.05, 0.1) is 19.6 Å². The summed E-state index contributed by atoms with van der Waals surface area (Å²) in [6, 6.07) is 0. The van der Waals surface area contributed by atoms with Crippen molar-refractivity contribution < 1.29 is 9.57 Å². The first kappa shape index (κ1) is 10.7. The van der Waals surface area contributed by atoms with E-state index in [0.29, 0.717) is 25.5 Å². The number of oxime groups is 1. The molecule has 78 valence electrons. The van der Waals surface area contributed by atoms with Gasteiger partial charge >= 0.3 is 0 Å². The molecule has 1 aliphatic rings. The van der Waals surface area contributed by atoms with Crippen LogP contribution >= 0.6 is 0 Å². The van der Waals surface area contributed by atoms with E-state index in [2.05, 4.69) is 22.1 Å². The lowest BCUT2D eigenvalue weighted by Gasteiger charge is -2.03. The van der Waals surface area contributed by atoms with Crippen LogP contribution in [-0.2, 0) is 9.57 Å². The van der Waals surface area contributed by atoms with E-state index in [4.69, 9.17) is 15.1 Å². The van der Waals surface area contributed by atoms with Crippen LogP contribution in [0.1, 0.15) is 26.2 Å². The van der Waals surface area contributed by atoms with Gasteiger partial charge in [-0.1, -0.05) is 23.6 Å². The van der Waals surface area contributed by atoms with E-state index < -0.39 is 0 Å². The van der Waals surface area contributed by atoms with Gasteiger partial charge in [0, 0.05) is 4.91 Å². The summed E-state index contributed by atoms with van der Waals surface area (Å²) in [5.74, 6) is 0.608. The van der Waals surface area contributed by atoms with Gasteiger partial charge in [-0.2, -0.15) is 0 Å². The highest BCUT2D eigenvalue weighted by Gasteiger charge is 2.21. The molecule has 0 radical (unpaired) electrons. The van der Waals surface area contributed by atoms with Crippen molar-refractivity contribution in [2.75, 3.05) is 13.2 Å². The van der Waals surface area contributed by atoms with E-state index in [1.165, 1.54) is 0 Å². The molecule has 1 rings (SSSR count). The highest BCUT2D eigenvalue weighted by Crippen LogP contribution is 2.12. The molecule has 14 heavy (non-hydrogen) atoms. The zero-order valence-electron chi connectivity index (χ0n) is 8.22. The monoisotopic (exact) mass is 198 g/mol. The Morgan fingerprint density at radius 2 is 2.64 bits per heavy atom. The van der Waals surface area contributed by atoms with Crippen molar-refractivity contribution in [2.24, 2.45) is 10.3 Å². The highest BCUT2D eigenvalue weighted by molar-refractivity contribution is 5.77. The summed E-state index contributed by atoms with van der Waals surface area (Å²) in [6.07, 6.45) is 2.56. The molecule has 1 aliphatic heterocycles. The number of azide groups is 1. The van der Waals surface area contributed by atoms with Crippen molar-refractivity contribution in [3.05, 3.63) is 10.4 Å². The fourth-order valence-corrected chi connectivity index (χ4v) is 1.05. The largest absolute Gasteiger partial charge is 0.479 e. The third kappa shape index (κ3) is 3.53. The van der Waals surface area contributed by atoms with Gasteiger partial charge in [0.2, 0.25) is 5.90 Å². The van der Waals surface area contributed by atoms with Crippen molar-refractivity contribution in [3.8, 4) is 0 Å². The minimum Gasteiger partial charge on any atom is -0.479 e. The van der Waals surface area contributed by atoms with E-state index in [9.17, 15) is 0 Å². The van der Waals surface area contributed by atoms with Crippen LogP contribution in [0.4, 0.5) is 0 Å². The average Bonchev–Trinajstić information content (AvgIpc) is 2.63. The number of hydrogen-bond acceptors (Lipinski definition) is 4. The van der Waals surface area contributed by atoms with Crippen LogP contribution in [-0.4, -0.2) is 25.2 Å². The van der Waals surface area contributed by atoms with Gasteiger partial charge in [-0.05, 0) is 12.0 Å². The molecule has 1 heterocycles. The molecule has 0 aromatic rings.